The van der Waals surface area contributed by atoms with Gasteiger partial charge >= 0.3 is 0 Å². The minimum absolute atomic E-state index is 0.190. The molecule has 21 heavy (non-hydrogen) atoms. The molecule has 0 saturated heterocycles. The number of nitrogens with one attached hydrogen (secondary N) is 1. The van der Waals surface area contributed by atoms with Crippen LogP contribution in [-0.2, 0) is 0 Å². The van der Waals surface area contributed by atoms with Crippen LogP contribution in [-0.4, -0.2) is 6.54 Å². The second kappa shape index (κ2) is 7.61. The Hall–Kier alpha value is -0.580. The predicted octanol–water partition coefficient (Wildman–Crippen LogP) is 5.65. The van der Waals surface area contributed by atoms with Gasteiger partial charge in [-0.05, 0) is 89.9 Å². The minimum Gasteiger partial charge on any atom is -0.306 e. The maximum absolute atomic E-state index is 6.21. The monoisotopic (exact) mass is 413 g/mol. The topological polar surface area (TPSA) is 12.0 Å². The van der Waals surface area contributed by atoms with Crippen LogP contribution >= 0.6 is 34.2 Å². The first-order valence-electron chi connectivity index (χ1n) is 7.28. The van der Waals surface area contributed by atoms with E-state index in [4.69, 9.17) is 11.6 Å². The molecule has 0 radical (unpaired) electrons. The van der Waals surface area contributed by atoms with E-state index in [-0.39, 0.29) is 6.04 Å². The zero-order chi connectivity index (χ0) is 15.4. The van der Waals surface area contributed by atoms with Crippen LogP contribution in [0.1, 0.15) is 41.6 Å². The lowest BCUT2D eigenvalue weighted by atomic mass is 9.95. The largest absolute Gasteiger partial charge is 0.306 e. The molecule has 0 aromatic heterocycles. The summed E-state index contributed by atoms with van der Waals surface area (Å²) in [7, 11) is 0. The zero-order valence-corrected chi connectivity index (χ0v) is 15.6. The SMILES string of the molecule is CCCNC(c1ccc(C)c(C)c1)c1cc(Cl)ccc1I. The molecule has 0 bridgehead atoms. The van der Waals surface area contributed by atoms with Crippen molar-refractivity contribution >= 4 is 34.2 Å². The summed E-state index contributed by atoms with van der Waals surface area (Å²) in [5.74, 6) is 0. The summed E-state index contributed by atoms with van der Waals surface area (Å²) in [4.78, 5) is 0. The fourth-order valence-corrected chi connectivity index (χ4v) is 3.20. The van der Waals surface area contributed by atoms with E-state index in [1.807, 2.05) is 6.07 Å². The highest BCUT2D eigenvalue weighted by Gasteiger charge is 2.17. The number of halogens is 2. The maximum Gasteiger partial charge on any atom is 0.0587 e. The van der Waals surface area contributed by atoms with Crippen molar-refractivity contribution in [2.75, 3.05) is 6.54 Å². The smallest absolute Gasteiger partial charge is 0.0587 e. The molecule has 1 unspecified atom stereocenters. The van der Waals surface area contributed by atoms with Gasteiger partial charge in [-0.15, -0.1) is 0 Å². The lowest BCUT2D eigenvalue weighted by Crippen LogP contribution is -2.24. The molecule has 0 saturated carbocycles. The van der Waals surface area contributed by atoms with Gasteiger partial charge in [0, 0.05) is 8.59 Å². The normalized spacial score (nSPS) is 12.4. The molecule has 2 aromatic rings. The molecule has 0 spiro atoms. The number of benzene rings is 2. The molecule has 112 valence electrons. The minimum atomic E-state index is 0.190. The summed E-state index contributed by atoms with van der Waals surface area (Å²) >= 11 is 8.60. The molecule has 1 N–H and O–H groups in total. The molecule has 0 aliphatic heterocycles. The number of rotatable bonds is 5. The standard InChI is InChI=1S/C18H21ClIN/c1-4-9-21-18(14-6-5-12(2)13(3)10-14)16-11-15(19)7-8-17(16)20/h5-8,10-11,18,21H,4,9H2,1-3H3. The Morgan fingerprint density at radius 2 is 1.86 bits per heavy atom. The third-order valence-electron chi connectivity index (χ3n) is 3.73. The van der Waals surface area contributed by atoms with Gasteiger partial charge in [0.05, 0.1) is 6.04 Å². The molecular weight excluding hydrogens is 393 g/mol. The van der Waals surface area contributed by atoms with E-state index in [1.165, 1.54) is 25.8 Å². The van der Waals surface area contributed by atoms with Crippen LogP contribution in [0.4, 0.5) is 0 Å². The summed E-state index contributed by atoms with van der Waals surface area (Å²) < 4.78 is 1.24. The molecule has 0 aliphatic carbocycles. The molecule has 0 fully saturated rings. The van der Waals surface area contributed by atoms with E-state index >= 15 is 0 Å². The van der Waals surface area contributed by atoms with E-state index in [1.54, 1.807) is 0 Å². The Morgan fingerprint density at radius 3 is 2.52 bits per heavy atom. The summed E-state index contributed by atoms with van der Waals surface area (Å²) in [6, 6.07) is 13.0. The van der Waals surface area contributed by atoms with Gasteiger partial charge in [-0.1, -0.05) is 36.7 Å². The van der Waals surface area contributed by atoms with Gasteiger partial charge in [-0.25, -0.2) is 0 Å². The van der Waals surface area contributed by atoms with E-state index in [0.29, 0.717) is 0 Å². The number of aryl methyl sites for hydroxylation is 2. The molecule has 0 amide bonds. The van der Waals surface area contributed by atoms with E-state index in [0.717, 1.165) is 18.0 Å². The van der Waals surface area contributed by atoms with E-state index < -0.39 is 0 Å². The van der Waals surface area contributed by atoms with Crippen molar-refractivity contribution in [1.82, 2.24) is 5.32 Å². The van der Waals surface area contributed by atoms with E-state index in [9.17, 15) is 0 Å². The Balaban J connectivity index is 2.46. The molecule has 1 nitrogen and oxygen atoms in total. The van der Waals surface area contributed by atoms with Crippen molar-refractivity contribution in [3.8, 4) is 0 Å². The van der Waals surface area contributed by atoms with Crippen LogP contribution in [0.2, 0.25) is 5.02 Å². The third-order valence-corrected chi connectivity index (χ3v) is 4.95. The molecule has 1 atom stereocenters. The van der Waals surface area contributed by atoms with E-state index in [2.05, 4.69) is 79.0 Å². The Labute approximate surface area is 146 Å². The molecule has 2 aromatic carbocycles. The number of hydrogen-bond donors (Lipinski definition) is 1. The fourth-order valence-electron chi connectivity index (χ4n) is 2.38. The Bertz CT molecular complexity index is 625. The van der Waals surface area contributed by atoms with Gasteiger partial charge in [-0.2, -0.15) is 0 Å². The van der Waals surface area contributed by atoms with Crippen LogP contribution in [0.15, 0.2) is 36.4 Å². The second-order valence-electron chi connectivity index (χ2n) is 5.40. The van der Waals surface area contributed by atoms with Crippen LogP contribution in [0.3, 0.4) is 0 Å². The summed E-state index contributed by atoms with van der Waals surface area (Å²) in [5.41, 5.74) is 5.20. The van der Waals surface area contributed by atoms with Gasteiger partial charge < -0.3 is 5.32 Å². The quantitative estimate of drug-likeness (QED) is 0.625. The van der Waals surface area contributed by atoms with Gasteiger partial charge in [0.25, 0.3) is 0 Å². The Morgan fingerprint density at radius 1 is 1.10 bits per heavy atom. The van der Waals surface area contributed by atoms with Crippen molar-refractivity contribution in [2.45, 2.75) is 33.2 Å². The summed E-state index contributed by atoms with van der Waals surface area (Å²) in [5, 5.41) is 4.44. The van der Waals surface area contributed by atoms with Crippen molar-refractivity contribution in [1.29, 1.82) is 0 Å². The molecule has 2 rings (SSSR count). The van der Waals surface area contributed by atoms with Crippen molar-refractivity contribution in [2.24, 2.45) is 0 Å². The lowest BCUT2D eigenvalue weighted by Gasteiger charge is -2.22. The molecule has 0 aliphatic rings. The average molecular weight is 414 g/mol. The first-order valence-corrected chi connectivity index (χ1v) is 8.74. The maximum atomic E-state index is 6.21. The molecular formula is C18H21ClIN. The molecule has 0 heterocycles. The van der Waals surface area contributed by atoms with Crippen LogP contribution in [0.5, 0.6) is 0 Å². The Kier molecular flexibility index (Phi) is 6.08. The fraction of sp³-hybridized carbons (Fsp3) is 0.333. The van der Waals surface area contributed by atoms with Crippen LogP contribution < -0.4 is 5.32 Å². The van der Waals surface area contributed by atoms with Gasteiger partial charge in [0.1, 0.15) is 0 Å². The highest BCUT2D eigenvalue weighted by atomic mass is 127. The van der Waals surface area contributed by atoms with Crippen LogP contribution in [0, 0.1) is 17.4 Å². The highest BCUT2D eigenvalue weighted by molar-refractivity contribution is 14.1. The zero-order valence-electron chi connectivity index (χ0n) is 12.7. The lowest BCUT2D eigenvalue weighted by molar-refractivity contribution is 0.596. The first-order chi connectivity index (χ1) is 10.0. The van der Waals surface area contributed by atoms with Gasteiger partial charge in [0.15, 0.2) is 0 Å². The molecule has 3 heteroatoms. The predicted molar refractivity (Wildman–Crippen MR) is 100 cm³/mol. The second-order valence-corrected chi connectivity index (χ2v) is 7.00. The van der Waals surface area contributed by atoms with Crippen LogP contribution in [0.25, 0.3) is 0 Å². The van der Waals surface area contributed by atoms with Crippen molar-refractivity contribution < 1.29 is 0 Å². The van der Waals surface area contributed by atoms with Crippen molar-refractivity contribution in [3.63, 3.8) is 0 Å². The summed E-state index contributed by atoms with van der Waals surface area (Å²) in [6.45, 7) is 7.49. The van der Waals surface area contributed by atoms with Gasteiger partial charge in [0.2, 0.25) is 0 Å². The number of hydrogen-bond acceptors (Lipinski definition) is 1. The first kappa shape index (κ1) is 16.8. The summed E-state index contributed by atoms with van der Waals surface area (Å²) in [6.07, 6.45) is 1.11. The van der Waals surface area contributed by atoms with Gasteiger partial charge in [-0.3, -0.25) is 0 Å². The third kappa shape index (κ3) is 4.21. The van der Waals surface area contributed by atoms with Crippen molar-refractivity contribution in [3.05, 3.63) is 67.2 Å². The average Bonchev–Trinajstić information content (AvgIpc) is 2.46. The highest BCUT2D eigenvalue weighted by Crippen LogP contribution is 2.29.